The lowest BCUT2D eigenvalue weighted by atomic mass is 9.85. The van der Waals surface area contributed by atoms with Crippen LogP contribution in [0, 0.1) is 5.92 Å². The lowest BCUT2D eigenvalue weighted by molar-refractivity contribution is -0.127. The van der Waals surface area contributed by atoms with Gasteiger partial charge < -0.3 is 16.0 Å². The van der Waals surface area contributed by atoms with Crippen molar-refractivity contribution in [1.82, 2.24) is 16.0 Å². The van der Waals surface area contributed by atoms with E-state index in [2.05, 4.69) is 27.9 Å². The van der Waals surface area contributed by atoms with Crippen molar-refractivity contribution in [3.63, 3.8) is 0 Å². The van der Waals surface area contributed by atoms with Gasteiger partial charge in [-0.2, -0.15) is 11.8 Å². The molecular formula is C16H30N4OS. The molecule has 22 heavy (non-hydrogen) atoms. The normalized spacial score (nSPS) is 22.2. The second kappa shape index (κ2) is 9.98. The van der Waals surface area contributed by atoms with Gasteiger partial charge in [0.25, 0.3) is 0 Å². The van der Waals surface area contributed by atoms with E-state index in [4.69, 9.17) is 0 Å². The van der Waals surface area contributed by atoms with Crippen LogP contribution in [0.4, 0.5) is 0 Å². The van der Waals surface area contributed by atoms with Gasteiger partial charge in [0.15, 0.2) is 5.96 Å². The second-order valence-corrected chi connectivity index (χ2v) is 7.46. The molecule has 1 amide bonds. The highest BCUT2D eigenvalue weighted by molar-refractivity contribution is 8.00. The van der Waals surface area contributed by atoms with Gasteiger partial charge in [0.1, 0.15) is 0 Å². The van der Waals surface area contributed by atoms with Crippen molar-refractivity contribution in [2.24, 2.45) is 10.9 Å². The van der Waals surface area contributed by atoms with E-state index in [9.17, 15) is 4.79 Å². The number of thioether (sulfide) groups is 1. The highest BCUT2D eigenvalue weighted by atomic mass is 32.2. The molecule has 0 aromatic rings. The minimum atomic E-state index is 0.241. The first-order valence-electron chi connectivity index (χ1n) is 8.71. The zero-order chi connectivity index (χ0) is 15.6. The second-order valence-electron chi connectivity index (χ2n) is 6.05. The SMILES string of the molecule is CCNC(=NCC1CCCS1)NCCCNC(=O)C1CCC1. The molecule has 2 aliphatic rings. The predicted octanol–water partition coefficient (Wildman–Crippen LogP) is 1.74. The third kappa shape index (κ3) is 6.07. The number of rotatable bonds is 8. The van der Waals surface area contributed by atoms with E-state index in [1.807, 2.05) is 11.8 Å². The third-order valence-corrected chi connectivity index (χ3v) is 5.62. The van der Waals surface area contributed by atoms with Gasteiger partial charge in [-0.3, -0.25) is 9.79 Å². The van der Waals surface area contributed by atoms with Crippen LogP contribution in [0.3, 0.4) is 0 Å². The molecule has 2 rings (SSSR count). The monoisotopic (exact) mass is 326 g/mol. The number of nitrogens with one attached hydrogen (secondary N) is 3. The van der Waals surface area contributed by atoms with Crippen molar-refractivity contribution in [2.75, 3.05) is 31.9 Å². The molecule has 2 fully saturated rings. The van der Waals surface area contributed by atoms with Crippen LogP contribution in [-0.2, 0) is 4.79 Å². The fourth-order valence-corrected chi connectivity index (χ4v) is 3.82. The molecule has 1 saturated heterocycles. The van der Waals surface area contributed by atoms with Crippen molar-refractivity contribution in [2.45, 2.75) is 50.7 Å². The predicted molar refractivity (Wildman–Crippen MR) is 94.4 cm³/mol. The first-order valence-corrected chi connectivity index (χ1v) is 9.76. The lowest BCUT2D eigenvalue weighted by Crippen LogP contribution is -2.40. The van der Waals surface area contributed by atoms with E-state index in [0.29, 0.717) is 5.25 Å². The van der Waals surface area contributed by atoms with Crippen LogP contribution in [0.2, 0.25) is 0 Å². The number of guanidine groups is 1. The molecule has 0 aromatic carbocycles. The summed E-state index contributed by atoms with van der Waals surface area (Å²) < 4.78 is 0. The number of carbonyl (C=O) groups excluding carboxylic acids is 1. The van der Waals surface area contributed by atoms with E-state index in [1.54, 1.807) is 0 Å². The smallest absolute Gasteiger partial charge is 0.223 e. The van der Waals surface area contributed by atoms with Crippen molar-refractivity contribution in [3.8, 4) is 0 Å². The molecule has 3 N–H and O–H groups in total. The molecule has 0 bridgehead atoms. The van der Waals surface area contributed by atoms with Crippen molar-refractivity contribution in [1.29, 1.82) is 0 Å². The van der Waals surface area contributed by atoms with Gasteiger partial charge in [0, 0.05) is 30.8 Å². The first kappa shape index (κ1) is 17.4. The Balaban J connectivity index is 1.56. The minimum absolute atomic E-state index is 0.241. The molecule has 1 aliphatic heterocycles. The highest BCUT2D eigenvalue weighted by Crippen LogP contribution is 2.26. The highest BCUT2D eigenvalue weighted by Gasteiger charge is 2.24. The molecule has 1 aliphatic carbocycles. The summed E-state index contributed by atoms with van der Waals surface area (Å²) in [4.78, 5) is 16.4. The van der Waals surface area contributed by atoms with Crippen LogP contribution < -0.4 is 16.0 Å². The summed E-state index contributed by atoms with van der Waals surface area (Å²) in [6.45, 7) is 5.45. The van der Waals surface area contributed by atoms with E-state index >= 15 is 0 Å². The fraction of sp³-hybridized carbons (Fsp3) is 0.875. The Morgan fingerprint density at radius 3 is 2.59 bits per heavy atom. The van der Waals surface area contributed by atoms with Gasteiger partial charge in [-0.1, -0.05) is 6.42 Å². The van der Waals surface area contributed by atoms with Crippen LogP contribution in [0.1, 0.15) is 45.4 Å². The number of aliphatic imine (C=N–C) groups is 1. The van der Waals surface area contributed by atoms with Crippen LogP contribution >= 0.6 is 11.8 Å². The summed E-state index contributed by atoms with van der Waals surface area (Å²) in [5, 5.41) is 10.4. The van der Waals surface area contributed by atoms with Crippen molar-refractivity contribution in [3.05, 3.63) is 0 Å². The van der Waals surface area contributed by atoms with Crippen LogP contribution in [0.5, 0.6) is 0 Å². The summed E-state index contributed by atoms with van der Waals surface area (Å²) in [5.74, 6) is 2.71. The molecule has 5 nitrogen and oxygen atoms in total. The molecule has 1 unspecified atom stereocenters. The molecule has 0 aromatic heterocycles. The summed E-state index contributed by atoms with van der Waals surface area (Å²) in [6.07, 6.45) is 6.90. The van der Waals surface area contributed by atoms with E-state index in [1.165, 1.54) is 25.0 Å². The summed E-state index contributed by atoms with van der Waals surface area (Å²) in [7, 11) is 0. The Morgan fingerprint density at radius 1 is 1.14 bits per heavy atom. The Labute approximate surface area is 138 Å². The number of carbonyl (C=O) groups is 1. The van der Waals surface area contributed by atoms with E-state index in [0.717, 1.165) is 51.4 Å². The van der Waals surface area contributed by atoms with Crippen LogP contribution in [-0.4, -0.2) is 49.0 Å². The Hall–Kier alpha value is -0.910. The zero-order valence-corrected chi connectivity index (χ0v) is 14.5. The Kier molecular flexibility index (Phi) is 7.91. The third-order valence-electron chi connectivity index (χ3n) is 4.24. The summed E-state index contributed by atoms with van der Waals surface area (Å²) in [6, 6.07) is 0. The zero-order valence-electron chi connectivity index (χ0n) is 13.7. The average Bonchev–Trinajstić information content (AvgIpc) is 2.95. The maximum Gasteiger partial charge on any atom is 0.223 e. The molecule has 0 spiro atoms. The van der Waals surface area contributed by atoms with Crippen LogP contribution in [0.15, 0.2) is 4.99 Å². The van der Waals surface area contributed by atoms with Gasteiger partial charge in [-0.05, 0) is 44.8 Å². The van der Waals surface area contributed by atoms with E-state index < -0.39 is 0 Å². The molecule has 1 atom stereocenters. The Morgan fingerprint density at radius 2 is 1.95 bits per heavy atom. The van der Waals surface area contributed by atoms with Gasteiger partial charge in [0.2, 0.25) is 5.91 Å². The minimum Gasteiger partial charge on any atom is -0.357 e. The van der Waals surface area contributed by atoms with Crippen molar-refractivity contribution >= 4 is 23.6 Å². The molecule has 1 heterocycles. The Bertz CT molecular complexity index is 365. The van der Waals surface area contributed by atoms with Gasteiger partial charge >= 0.3 is 0 Å². The largest absolute Gasteiger partial charge is 0.357 e. The molecule has 0 radical (unpaired) electrons. The number of hydrogen-bond acceptors (Lipinski definition) is 3. The van der Waals surface area contributed by atoms with Gasteiger partial charge in [-0.25, -0.2) is 0 Å². The molecule has 126 valence electrons. The standard InChI is InChI=1S/C16H30N4OS/c1-2-17-16(20-12-14-8-4-11-22-14)19-10-5-9-18-15(21)13-6-3-7-13/h13-14H,2-12H2,1H3,(H,18,21)(H2,17,19,20). The topological polar surface area (TPSA) is 65.5 Å². The summed E-state index contributed by atoms with van der Waals surface area (Å²) in [5.41, 5.74) is 0. The average molecular weight is 327 g/mol. The fourth-order valence-electron chi connectivity index (χ4n) is 2.64. The molecule has 1 saturated carbocycles. The maximum atomic E-state index is 11.7. The van der Waals surface area contributed by atoms with Crippen molar-refractivity contribution < 1.29 is 4.79 Å². The first-order chi connectivity index (χ1) is 10.8. The number of nitrogens with zero attached hydrogens (tertiary/aromatic N) is 1. The number of amides is 1. The molecular weight excluding hydrogens is 296 g/mol. The molecule has 6 heteroatoms. The maximum absolute atomic E-state index is 11.7. The van der Waals surface area contributed by atoms with Crippen LogP contribution in [0.25, 0.3) is 0 Å². The van der Waals surface area contributed by atoms with Gasteiger partial charge in [-0.15, -0.1) is 0 Å². The number of hydrogen-bond donors (Lipinski definition) is 3. The van der Waals surface area contributed by atoms with Gasteiger partial charge in [0.05, 0.1) is 6.54 Å². The van der Waals surface area contributed by atoms with E-state index in [-0.39, 0.29) is 11.8 Å². The summed E-state index contributed by atoms with van der Waals surface area (Å²) >= 11 is 2.04. The quantitative estimate of drug-likeness (QED) is 0.361. The lowest BCUT2D eigenvalue weighted by Gasteiger charge is -2.24.